The molecule has 2 heterocycles. The molecule has 0 spiro atoms. The van der Waals surface area contributed by atoms with Crippen molar-refractivity contribution < 1.29 is 23.1 Å². The van der Waals surface area contributed by atoms with Gasteiger partial charge in [0.15, 0.2) is 0 Å². The quantitative estimate of drug-likeness (QED) is 0.310. The lowest BCUT2D eigenvalue weighted by molar-refractivity contribution is -0.137. The van der Waals surface area contributed by atoms with Crippen LogP contribution in [0.3, 0.4) is 0 Å². The Bertz CT molecular complexity index is 1330. The summed E-state index contributed by atoms with van der Waals surface area (Å²) in [5.41, 5.74) is 0.795. The Kier molecular flexibility index (Phi) is 8.78. The molecule has 1 fully saturated rings. The summed E-state index contributed by atoms with van der Waals surface area (Å²) in [5.74, 6) is 1.97. The van der Waals surface area contributed by atoms with Gasteiger partial charge in [0.05, 0.1) is 17.2 Å². The molecule has 4 N–H and O–H groups in total. The van der Waals surface area contributed by atoms with E-state index in [1.807, 2.05) is 19.1 Å². The fourth-order valence-electron chi connectivity index (χ4n) is 4.21. The van der Waals surface area contributed by atoms with Crippen LogP contribution in [0, 0.1) is 13.8 Å². The first-order valence-corrected chi connectivity index (χ1v) is 12.7. The van der Waals surface area contributed by atoms with Gasteiger partial charge < -0.3 is 26.0 Å². The number of aliphatic hydroxyl groups is 1. The Balaban J connectivity index is 1.44. The normalized spacial score (nSPS) is 14.3. The average molecular weight is 564 g/mol. The van der Waals surface area contributed by atoms with Crippen molar-refractivity contribution in [3.05, 3.63) is 64.4 Å². The van der Waals surface area contributed by atoms with Crippen molar-refractivity contribution in [3.63, 3.8) is 0 Å². The summed E-state index contributed by atoms with van der Waals surface area (Å²) in [6, 6.07) is 9.66. The first-order chi connectivity index (χ1) is 18.5. The maximum Gasteiger partial charge on any atom is 0.417 e. The third-order valence-corrected chi connectivity index (χ3v) is 6.55. The standard InChI is InChI=1S/C26H29ClF3N7O2/c1-16-3-4-19(14-22(16)35-25(39)34-18-5-6-21(27)20(13-18)26(28,29)30)33-23-15-24(32-17(2)31-23)37-9-7-36(8-10-37)11-12-38/h3-6,13-15,38H,7-12H2,1-2H3,(H,31,32,33)(H2,34,35,39). The molecule has 4 rings (SSSR count). The van der Waals surface area contributed by atoms with Gasteiger partial charge in [-0.15, -0.1) is 0 Å². The highest BCUT2D eigenvalue weighted by Gasteiger charge is 2.33. The number of alkyl halides is 3. The fraction of sp³-hybridized carbons (Fsp3) is 0.346. The molecule has 0 unspecified atom stereocenters. The smallest absolute Gasteiger partial charge is 0.395 e. The number of hydrogen-bond donors (Lipinski definition) is 4. The van der Waals surface area contributed by atoms with Gasteiger partial charge in [-0.25, -0.2) is 14.8 Å². The van der Waals surface area contributed by atoms with Crippen molar-refractivity contribution in [2.45, 2.75) is 20.0 Å². The first-order valence-electron chi connectivity index (χ1n) is 12.3. The lowest BCUT2D eigenvalue weighted by Crippen LogP contribution is -2.47. The monoisotopic (exact) mass is 563 g/mol. The largest absolute Gasteiger partial charge is 0.417 e. The molecule has 0 radical (unpaired) electrons. The summed E-state index contributed by atoms with van der Waals surface area (Å²) < 4.78 is 39.4. The minimum Gasteiger partial charge on any atom is -0.395 e. The Hall–Kier alpha value is -3.61. The van der Waals surface area contributed by atoms with Gasteiger partial charge in [-0.05, 0) is 49.7 Å². The Morgan fingerprint density at radius 3 is 2.41 bits per heavy atom. The number of amides is 2. The maximum absolute atomic E-state index is 13.1. The number of carbonyl (C=O) groups excluding carboxylic acids is 1. The molecular weight excluding hydrogens is 535 g/mol. The SMILES string of the molecule is Cc1nc(Nc2ccc(C)c(NC(=O)Nc3ccc(Cl)c(C(F)(F)F)c3)c2)cc(N2CCN(CCO)CC2)n1. The lowest BCUT2D eigenvalue weighted by atomic mass is 10.1. The zero-order valence-corrected chi connectivity index (χ0v) is 22.2. The van der Waals surface area contributed by atoms with Gasteiger partial charge >= 0.3 is 12.2 Å². The number of nitrogens with zero attached hydrogens (tertiary/aromatic N) is 4. The zero-order valence-electron chi connectivity index (χ0n) is 21.4. The van der Waals surface area contributed by atoms with Crippen LogP contribution in [0.4, 0.5) is 46.7 Å². The highest BCUT2D eigenvalue weighted by Crippen LogP contribution is 2.36. The average Bonchev–Trinajstić information content (AvgIpc) is 2.87. The minimum atomic E-state index is -4.64. The molecule has 0 saturated carbocycles. The van der Waals surface area contributed by atoms with Crippen LogP contribution in [-0.4, -0.2) is 65.3 Å². The number of aromatic nitrogens is 2. The van der Waals surface area contributed by atoms with Crippen LogP contribution in [0.25, 0.3) is 0 Å². The Morgan fingerprint density at radius 2 is 1.72 bits per heavy atom. The molecule has 1 aromatic heterocycles. The van der Waals surface area contributed by atoms with Gasteiger partial charge in [-0.1, -0.05) is 17.7 Å². The molecule has 2 aromatic carbocycles. The fourth-order valence-corrected chi connectivity index (χ4v) is 4.43. The van der Waals surface area contributed by atoms with E-state index in [2.05, 4.69) is 35.7 Å². The van der Waals surface area contributed by atoms with Crippen LogP contribution in [-0.2, 0) is 6.18 Å². The molecule has 0 atom stereocenters. The van der Waals surface area contributed by atoms with Crippen LogP contribution < -0.4 is 20.9 Å². The van der Waals surface area contributed by atoms with E-state index in [0.29, 0.717) is 29.6 Å². The van der Waals surface area contributed by atoms with Crippen LogP contribution in [0.2, 0.25) is 5.02 Å². The van der Waals surface area contributed by atoms with Gasteiger partial charge in [-0.2, -0.15) is 13.2 Å². The van der Waals surface area contributed by atoms with Gasteiger partial charge in [0, 0.05) is 55.9 Å². The van der Waals surface area contributed by atoms with Gasteiger partial charge in [0.1, 0.15) is 17.5 Å². The third kappa shape index (κ3) is 7.49. The number of benzene rings is 2. The molecule has 1 aliphatic rings. The summed E-state index contributed by atoms with van der Waals surface area (Å²) in [7, 11) is 0. The van der Waals surface area contributed by atoms with E-state index < -0.39 is 22.8 Å². The number of β-amino-alcohol motifs (C(OH)–C–C–N with tert-alkyl or cyclic N) is 1. The van der Waals surface area contributed by atoms with E-state index in [9.17, 15) is 18.0 Å². The molecule has 0 aliphatic carbocycles. The number of rotatable bonds is 7. The van der Waals surface area contributed by atoms with Crippen molar-refractivity contribution >= 4 is 46.3 Å². The van der Waals surface area contributed by atoms with E-state index >= 15 is 0 Å². The number of carbonyl (C=O) groups is 1. The second-order valence-corrected chi connectivity index (χ2v) is 9.54. The summed E-state index contributed by atoms with van der Waals surface area (Å²) in [6.45, 7) is 7.61. The van der Waals surface area contributed by atoms with E-state index in [-0.39, 0.29) is 12.3 Å². The zero-order chi connectivity index (χ0) is 28.2. The Morgan fingerprint density at radius 1 is 1.00 bits per heavy atom. The molecule has 3 aromatic rings. The van der Waals surface area contributed by atoms with Gasteiger partial charge in [0.2, 0.25) is 0 Å². The number of anilines is 5. The molecule has 9 nitrogen and oxygen atoms in total. The topological polar surface area (TPSA) is 106 Å². The summed E-state index contributed by atoms with van der Waals surface area (Å²) in [5, 5.41) is 17.0. The number of halogens is 4. The predicted molar refractivity (Wildman–Crippen MR) is 146 cm³/mol. The number of aliphatic hydroxyl groups excluding tert-OH is 1. The third-order valence-electron chi connectivity index (χ3n) is 6.22. The molecule has 2 amide bonds. The van der Waals surface area contributed by atoms with E-state index in [1.54, 1.807) is 19.1 Å². The molecule has 0 bridgehead atoms. The molecule has 39 heavy (non-hydrogen) atoms. The molecule has 13 heteroatoms. The van der Waals surface area contributed by atoms with Crippen LogP contribution in [0.5, 0.6) is 0 Å². The lowest BCUT2D eigenvalue weighted by Gasteiger charge is -2.35. The number of urea groups is 1. The van der Waals surface area contributed by atoms with Crippen molar-refractivity contribution in [1.29, 1.82) is 0 Å². The minimum absolute atomic E-state index is 0.0441. The number of hydrogen-bond acceptors (Lipinski definition) is 7. The second kappa shape index (κ2) is 12.1. The van der Waals surface area contributed by atoms with Crippen LogP contribution in [0.15, 0.2) is 42.5 Å². The van der Waals surface area contributed by atoms with Gasteiger partial charge in [0.25, 0.3) is 0 Å². The van der Waals surface area contributed by atoms with E-state index in [4.69, 9.17) is 16.7 Å². The van der Waals surface area contributed by atoms with Crippen LogP contribution >= 0.6 is 11.6 Å². The van der Waals surface area contributed by atoms with E-state index in [1.165, 1.54) is 6.07 Å². The summed E-state index contributed by atoms with van der Waals surface area (Å²) in [6.07, 6.45) is -4.64. The molecule has 1 saturated heterocycles. The summed E-state index contributed by atoms with van der Waals surface area (Å²) in [4.78, 5) is 26.0. The second-order valence-electron chi connectivity index (χ2n) is 9.14. The molecule has 1 aliphatic heterocycles. The summed E-state index contributed by atoms with van der Waals surface area (Å²) >= 11 is 5.66. The number of piperazine rings is 1. The highest BCUT2D eigenvalue weighted by molar-refractivity contribution is 6.31. The Labute approximate surface area is 229 Å². The van der Waals surface area contributed by atoms with Crippen molar-refractivity contribution in [2.24, 2.45) is 0 Å². The molecule has 208 valence electrons. The van der Waals surface area contributed by atoms with E-state index in [0.717, 1.165) is 49.7 Å². The highest BCUT2D eigenvalue weighted by atomic mass is 35.5. The van der Waals surface area contributed by atoms with Crippen molar-refractivity contribution in [2.75, 3.05) is 60.2 Å². The van der Waals surface area contributed by atoms with Crippen molar-refractivity contribution in [1.82, 2.24) is 14.9 Å². The number of nitrogens with one attached hydrogen (secondary N) is 3. The predicted octanol–water partition coefficient (Wildman–Crippen LogP) is 5.27. The molecular formula is C26H29ClF3N7O2. The number of aryl methyl sites for hydroxylation is 2. The van der Waals surface area contributed by atoms with Crippen LogP contribution in [0.1, 0.15) is 17.0 Å². The maximum atomic E-state index is 13.1. The first kappa shape index (κ1) is 28.4. The van der Waals surface area contributed by atoms with Crippen molar-refractivity contribution in [3.8, 4) is 0 Å². The van der Waals surface area contributed by atoms with Gasteiger partial charge in [-0.3, -0.25) is 4.90 Å².